The fraction of sp³-hybridized carbons (Fsp3) is 0.412. The molecule has 0 aromatic heterocycles. The van der Waals surface area contributed by atoms with Gasteiger partial charge in [0.05, 0.1) is 0 Å². The van der Waals surface area contributed by atoms with E-state index in [1.165, 1.54) is 0 Å². The van der Waals surface area contributed by atoms with Crippen molar-refractivity contribution in [2.24, 2.45) is 5.73 Å². The van der Waals surface area contributed by atoms with Crippen molar-refractivity contribution >= 4 is 27.5 Å². The average molecular weight is 381 g/mol. The zero-order valence-electron chi connectivity index (χ0n) is 15.0. The van der Waals surface area contributed by atoms with E-state index >= 15 is 0 Å². The lowest BCUT2D eigenvalue weighted by Gasteiger charge is -2.29. The third kappa shape index (κ3) is 4.75. The molecular formula is C17H23N3O5S. The van der Waals surface area contributed by atoms with Gasteiger partial charge in [-0.05, 0) is 32.9 Å². The normalized spacial score (nSPS) is 15.8. The van der Waals surface area contributed by atoms with E-state index in [9.17, 15) is 18.0 Å². The Balaban J connectivity index is 2.20. The van der Waals surface area contributed by atoms with E-state index in [0.29, 0.717) is 5.69 Å². The number of amides is 2. The number of hydrogen-bond acceptors (Lipinski definition) is 7. The van der Waals surface area contributed by atoms with Crippen molar-refractivity contribution in [1.82, 2.24) is 4.90 Å². The summed E-state index contributed by atoms with van der Waals surface area (Å²) in [5, 5.41) is 2.74. The lowest BCUT2D eigenvalue weighted by molar-refractivity contribution is -0.126. The zero-order chi connectivity index (χ0) is 19.5. The molecule has 0 spiro atoms. The molecule has 1 aliphatic heterocycles. The van der Waals surface area contributed by atoms with Gasteiger partial charge in [-0.3, -0.25) is 4.79 Å². The molecule has 1 aliphatic rings. The van der Waals surface area contributed by atoms with Crippen molar-refractivity contribution in [1.29, 1.82) is 0 Å². The first-order chi connectivity index (χ1) is 12.0. The van der Waals surface area contributed by atoms with E-state index in [0.717, 1.165) is 4.90 Å². The topological polar surface area (TPSA) is 119 Å². The van der Waals surface area contributed by atoms with Crippen molar-refractivity contribution < 1.29 is 22.7 Å². The number of imide groups is 1. The Morgan fingerprint density at radius 1 is 1.27 bits per heavy atom. The number of rotatable bonds is 4. The number of nitrogens with zero attached hydrogens (tertiary/aromatic N) is 1. The molecular weight excluding hydrogens is 358 g/mol. The molecule has 0 fully saturated rings. The van der Waals surface area contributed by atoms with Crippen LogP contribution in [0.1, 0.15) is 27.2 Å². The van der Waals surface area contributed by atoms with Crippen LogP contribution in [0, 0.1) is 0 Å². The maximum atomic E-state index is 12.6. The van der Waals surface area contributed by atoms with Crippen molar-refractivity contribution in [2.75, 3.05) is 17.7 Å². The lowest BCUT2D eigenvalue weighted by atomic mass is 10.2. The van der Waals surface area contributed by atoms with Gasteiger partial charge in [0.15, 0.2) is 4.91 Å². The fourth-order valence-corrected chi connectivity index (χ4v) is 3.72. The van der Waals surface area contributed by atoms with Crippen LogP contribution in [-0.4, -0.2) is 43.3 Å². The van der Waals surface area contributed by atoms with E-state index in [4.69, 9.17) is 10.5 Å². The lowest BCUT2D eigenvalue weighted by Crippen LogP contribution is -2.47. The highest BCUT2D eigenvalue weighted by Crippen LogP contribution is 2.24. The minimum atomic E-state index is -4.05. The Morgan fingerprint density at radius 2 is 1.88 bits per heavy atom. The van der Waals surface area contributed by atoms with E-state index < -0.39 is 38.2 Å². The van der Waals surface area contributed by atoms with Gasteiger partial charge in [-0.2, -0.15) is 0 Å². The number of para-hydroxylation sites is 1. The minimum Gasteiger partial charge on any atom is -0.443 e. The average Bonchev–Trinajstić information content (AvgIpc) is 2.52. The second-order valence-electron chi connectivity index (χ2n) is 6.84. The number of carbonyl (C=O) groups excluding carboxylic acids is 2. The molecule has 1 heterocycles. The minimum absolute atomic E-state index is 0.0231. The number of hydrogen-bond donors (Lipinski definition) is 2. The SMILES string of the molecule is CC(C)(C)OC(=O)N1CCC(N)=C(S(=O)(=O)CNc2ccccc2)C1=O. The van der Waals surface area contributed by atoms with Gasteiger partial charge < -0.3 is 15.8 Å². The van der Waals surface area contributed by atoms with Gasteiger partial charge in [0.2, 0.25) is 9.84 Å². The summed E-state index contributed by atoms with van der Waals surface area (Å²) in [7, 11) is -4.05. The van der Waals surface area contributed by atoms with Crippen LogP contribution in [0.2, 0.25) is 0 Å². The molecule has 8 nitrogen and oxygen atoms in total. The maximum absolute atomic E-state index is 12.6. The first-order valence-corrected chi connectivity index (χ1v) is 9.71. The number of anilines is 1. The molecule has 2 rings (SSSR count). The van der Waals surface area contributed by atoms with Gasteiger partial charge in [0, 0.05) is 24.4 Å². The predicted octanol–water partition coefficient (Wildman–Crippen LogP) is 1.81. The summed E-state index contributed by atoms with van der Waals surface area (Å²) in [4.78, 5) is 25.0. The van der Waals surface area contributed by atoms with Crippen LogP contribution in [0.4, 0.5) is 10.5 Å². The summed E-state index contributed by atoms with van der Waals surface area (Å²) >= 11 is 0. The number of sulfone groups is 1. The first kappa shape index (κ1) is 19.8. The van der Waals surface area contributed by atoms with Crippen LogP contribution >= 0.6 is 0 Å². The largest absolute Gasteiger partial charge is 0.443 e. The summed E-state index contributed by atoms with van der Waals surface area (Å²) in [6.07, 6.45) is -0.816. The molecule has 0 unspecified atom stereocenters. The number of nitrogens with one attached hydrogen (secondary N) is 1. The highest BCUT2D eigenvalue weighted by atomic mass is 32.2. The van der Waals surface area contributed by atoms with Gasteiger partial charge in [-0.25, -0.2) is 18.1 Å². The standard InChI is InChI=1S/C17H23N3O5S/c1-17(2,3)25-16(22)20-10-9-13(18)14(15(20)21)26(23,24)11-19-12-7-5-4-6-8-12/h4-8,19H,9-11,18H2,1-3H3. The molecule has 9 heteroatoms. The Labute approximate surface area is 152 Å². The van der Waals surface area contributed by atoms with Crippen LogP contribution in [0.5, 0.6) is 0 Å². The highest BCUT2D eigenvalue weighted by Gasteiger charge is 2.39. The molecule has 0 aliphatic carbocycles. The molecule has 1 aromatic rings. The van der Waals surface area contributed by atoms with Crippen LogP contribution in [0.15, 0.2) is 40.9 Å². The predicted molar refractivity (Wildman–Crippen MR) is 97.6 cm³/mol. The van der Waals surface area contributed by atoms with Crippen LogP contribution in [-0.2, 0) is 19.4 Å². The second-order valence-corrected chi connectivity index (χ2v) is 8.77. The molecule has 2 amide bonds. The van der Waals surface area contributed by atoms with Gasteiger partial charge in [0.25, 0.3) is 5.91 Å². The number of carbonyl (C=O) groups is 2. The third-order valence-electron chi connectivity index (χ3n) is 3.50. The zero-order valence-corrected chi connectivity index (χ0v) is 15.8. The molecule has 0 bridgehead atoms. The number of benzene rings is 1. The van der Waals surface area contributed by atoms with E-state index in [1.807, 2.05) is 0 Å². The van der Waals surface area contributed by atoms with Crippen LogP contribution in [0.3, 0.4) is 0 Å². The van der Waals surface area contributed by atoms with Gasteiger partial charge in [-0.1, -0.05) is 18.2 Å². The molecule has 0 saturated carbocycles. The second kappa shape index (κ2) is 7.36. The van der Waals surface area contributed by atoms with Gasteiger partial charge >= 0.3 is 6.09 Å². The summed E-state index contributed by atoms with van der Waals surface area (Å²) in [6.45, 7) is 4.95. The van der Waals surface area contributed by atoms with Gasteiger partial charge in [0.1, 0.15) is 11.5 Å². The Hall–Kier alpha value is -2.55. The first-order valence-electron chi connectivity index (χ1n) is 8.06. The van der Waals surface area contributed by atoms with Crippen molar-refractivity contribution in [2.45, 2.75) is 32.8 Å². The highest BCUT2D eigenvalue weighted by molar-refractivity contribution is 7.96. The molecule has 0 radical (unpaired) electrons. The molecule has 26 heavy (non-hydrogen) atoms. The number of nitrogens with two attached hydrogens (primary N) is 1. The maximum Gasteiger partial charge on any atom is 0.417 e. The fourth-order valence-electron chi connectivity index (χ4n) is 2.34. The monoisotopic (exact) mass is 381 g/mol. The third-order valence-corrected chi connectivity index (χ3v) is 5.08. The summed E-state index contributed by atoms with van der Waals surface area (Å²) < 4.78 is 30.4. The van der Waals surface area contributed by atoms with E-state index in [2.05, 4.69) is 5.32 Å². The molecule has 3 N–H and O–H groups in total. The molecule has 142 valence electrons. The summed E-state index contributed by atoms with van der Waals surface area (Å²) in [5.74, 6) is -1.47. The van der Waals surface area contributed by atoms with Crippen molar-refractivity contribution in [3.63, 3.8) is 0 Å². The molecule has 0 saturated heterocycles. The van der Waals surface area contributed by atoms with E-state index in [-0.39, 0.29) is 18.7 Å². The Morgan fingerprint density at radius 3 is 2.46 bits per heavy atom. The summed E-state index contributed by atoms with van der Waals surface area (Å²) in [5.41, 5.74) is 5.51. The van der Waals surface area contributed by atoms with Crippen molar-refractivity contribution in [3.05, 3.63) is 40.9 Å². The van der Waals surface area contributed by atoms with Crippen LogP contribution in [0.25, 0.3) is 0 Å². The Bertz CT molecular complexity index is 826. The quantitative estimate of drug-likeness (QED) is 0.816. The van der Waals surface area contributed by atoms with E-state index in [1.54, 1.807) is 51.1 Å². The smallest absolute Gasteiger partial charge is 0.417 e. The Kier molecular flexibility index (Phi) is 5.60. The van der Waals surface area contributed by atoms with Crippen LogP contribution < -0.4 is 11.1 Å². The number of ether oxygens (including phenoxy) is 1. The summed E-state index contributed by atoms with van der Waals surface area (Å²) in [6, 6.07) is 8.69. The van der Waals surface area contributed by atoms with Crippen molar-refractivity contribution in [3.8, 4) is 0 Å². The van der Waals surface area contributed by atoms with Gasteiger partial charge in [-0.15, -0.1) is 0 Å². The molecule has 1 aromatic carbocycles. The molecule has 0 atom stereocenters.